The quantitative estimate of drug-likeness (QED) is 0.459. The molecule has 7 heteroatoms. The lowest BCUT2D eigenvalue weighted by Gasteiger charge is -2.19. The van der Waals surface area contributed by atoms with Crippen LogP contribution in [0.1, 0.15) is 49.6 Å². The number of aromatic nitrogens is 2. The summed E-state index contributed by atoms with van der Waals surface area (Å²) in [7, 11) is 0. The van der Waals surface area contributed by atoms with Crippen molar-refractivity contribution in [2.24, 2.45) is 0 Å². The summed E-state index contributed by atoms with van der Waals surface area (Å²) in [5.74, 6) is 0.0762. The van der Waals surface area contributed by atoms with Gasteiger partial charge in [-0.1, -0.05) is 44.7 Å². The Kier molecular flexibility index (Phi) is 5.53. The number of nitrogens with zero attached hydrogens (tertiary/aromatic N) is 1. The van der Waals surface area contributed by atoms with Crippen LogP contribution in [0.4, 0.5) is 5.69 Å². The van der Waals surface area contributed by atoms with Gasteiger partial charge in [0, 0.05) is 10.6 Å². The summed E-state index contributed by atoms with van der Waals surface area (Å²) in [5, 5.41) is 4.15. The minimum Gasteiger partial charge on any atom is -0.325 e. The fraction of sp³-hybridized carbons (Fsp3) is 0.409. The molecule has 2 heterocycles. The van der Waals surface area contributed by atoms with E-state index in [0.717, 1.165) is 35.2 Å². The molecule has 1 aliphatic rings. The third-order valence-corrected chi connectivity index (χ3v) is 7.24. The van der Waals surface area contributed by atoms with Crippen LogP contribution in [0.25, 0.3) is 10.2 Å². The van der Waals surface area contributed by atoms with E-state index in [1.54, 1.807) is 11.3 Å². The lowest BCUT2D eigenvalue weighted by Crippen LogP contribution is -2.16. The van der Waals surface area contributed by atoms with E-state index < -0.39 is 0 Å². The number of hydrogen-bond donors (Lipinski definition) is 2. The summed E-state index contributed by atoms with van der Waals surface area (Å²) in [5.41, 5.74) is 3.16. The molecule has 0 unspecified atom stereocenters. The lowest BCUT2D eigenvalue weighted by atomic mass is 9.87. The van der Waals surface area contributed by atoms with Gasteiger partial charge in [-0.05, 0) is 54.4 Å². The number of H-pyrrole nitrogens is 1. The second-order valence-electron chi connectivity index (χ2n) is 8.43. The van der Waals surface area contributed by atoms with E-state index in [4.69, 9.17) is 0 Å². The third kappa shape index (κ3) is 4.41. The molecule has 0 bridgehead atoms. The number of carbonyl (C=O) groups is 1. The highest BCUT2D eigenvalue weighted by atomic mass is 32.2. The summed E-state index contributed by atoms with van der Waals surface area (Å²) in [4.78, 5) is 34.4. The minimum atomic E-state index is -0.119. The smallest absolute Gasteiger partial charge is 0.260 e. The summed E-state index contributed by atoms with van der Waals surface area (Å²) >= 11 is 2.88. The lowest BCUT2D eigenvalue weighted by molar-refractivity contribution is -0.113. The van der Waals surface area contributed by atoms with E-state index in [0.29, 0.717) is 5.16 Å². The molecule has 3 aromatic rings. The van der Waals surface area contributed by atoms with E-state index in [1.807, 2.05) is 24.3 Å². The molecule has 0 atom stereocenters. The van der Waals surface area contributed by atoms with Crippen molar-refractivity contribution >= 4 is 44.9 Å². The van der Waals surface area contributed by atoms with Crippen LogP contribution in [0.15, 0.2) is 34.2 Å². The Morgan fingerprint density at radius 2 is 1.93 bits per heavy atom. The van der Waals surface area contributed by atoms with E-state index in [-0.39, 0.29) is 22.6 Å². The van der Waals surface area contributed by atoms with E-state index >= 15 is 0 Å². The number of aromatic amines is 1. The average Bonchev–Trinajstić information content (AvgIpc) is 3.05. The molecule has 5 nitrogen and oxygen atoms in total. The molecule has 0 aliphatic heterocycles. The monoisotopic (exact) mass is 427 g/mol. The van der Waals surface area contributed by atoms with Gasteiger partial charge in [0.15, 0.2) is 5.16 Å². The highest BCUT2D eigenvalue weighted by molar-refractivity contribution is 7.99. The number of rotatable bonds is 4. The van der Waals surface area contributed by atoms with Gasteiger partial charge in [0.2, 0.25) is 5.91 Å². The van der Waals surface area contributed by atoms with Crippen molar-refractivity contribution in [2.75, 3.05) is 11.1 Å². The molecule has 29 heavy (non-hydrogen) atoms. The van der Waals surface area contributed by atoms with E-state index in [9.17, 15) is 9.59 Å². The molecule has 1 aliphatic carbocycles. The number of hydrogen-bond acceptors (Lipinski definition) is 5. The van der Waals surface area contributed by atoms with Crippen LogP contribution in [-0.2, 0) is 23.1 Å². The molecular formula is C22H25N3O2S2. The van der Waals surface area contributed by atoms with Crippen molar-refractivity contribution < 1.29 is 4.79 Å². The van der Waals surface area contributed by atoms with Gasteiger partial charge in [0.1, 0.15) is 4.83 Å². The van der Waals surface area contributed by atoms with E-state index in [1.165, 1.54) is 34.2 Å². The van der Waals surface area contributed by atoms with Crippen LogP contribution >= 0.6 is 23.1 Å². The predicted octanol–water partition coefficient (Wildman–Crippen LogP) is 4.89. The van der Waals surface area contributed by atoms with Crippen molar-refractivity contribution in [2.45, 2.75) is 57.0 Å². The van der Waals surface area contributed by atoms with Crippen LogP contribution in [0.5, 0.6) is 0 Å². The van der Waals surface area contributed by atoms with Gasteiger partial charge >= 0.3 is 0 Å². The molecule has 4 rings (SSSR count). The number of amides is 1. The number of carbonyl (C=O) groups excluding carboxylic acids is 1. The first kappa shape index (κ1) is 20.2. The second-order valence-corrected chi connectivity index (χ2v) is 10.5. The Balaban J connectivity index is 1.43. The van der Waals surface area contributed by atoms with Crippen LogP contribution in [0.2, 0.25) is 0 Å². The Morgan fingerprint density at radius 3 is 2.66 bits per heavy atom. The fourth-order valence-electron chi connectivity index (χ4n) is 3.60. The van der Waals surface area contributed by atoms with Gasteiger partial charge in [0.25, 0.3) is 5.56 Å². The molecule has 0 spiro atoms. The van der Waals surface area contributed by atoms with Gasteiger partial charge in [-0.25, -0.2) is 4.98 Å². The SMILES string of the molecule is CC(C)(C)c1ccc(NC(=O)CSc2nc3sc4c(c3c(=O)[nH]2)CCCC4)cc1. The number of thiophene rings is 1. The predicted molar refractivity (Wildman–Crippen MR) is 121 cm³/mol. The Labute approximate surface area is 178 Å². The van der Waals surface area contributed by atoms with Gasteiger partial charge in [-0.15, -0.1) is 11.3 Å². The summed E-state index contributed by atoms with van der Waals surface area (Å²) in [6.45, 7) is 6.48. The Bertz CT molecular complexity index is 1110. The number of benzene rings is 1. The maximum atomic E-state index is 12.6. The second kappa shape index (κ2) is 7.95. The fourth-order valence-corrected chi connectivity index (χ4v) is 5.58. The molecule has 0 saturated carbocycles. The van der Waals surface area contributed by atoms with Crippen molar-refractivity contribution in [3.05, 3.63) is 50.6 Å². The van der Waals surface area contributed by atoms with Crippen molar-refractivity contribution in [1.29, 1.82) is 0 Å². The first-order valence-electron chi connectivity index (χ1n) is 9.89. The van der Waals surface area contributed by atoms with Gasteiger partial charge in [-0.2, -0.15) is 0 Å². The van der Waals surface area contributed by atoms with Crippen LogP contribution in [-0.4, -0.2) is 21.6 Å². The maximum Gasteiger partial charge on any atom is 0.260 e. The zero-order valence-electron chi connectivity index (χ0n) is 16.9. The van der Waals surface area contributed by atoms with Gasteiger partial charge in [-0.3, -0.25) is 9.59 Å². The minimum absolute atomic E-state index is 0.0790. The first-order chi connectivity index (χ1) is 13.8. The summed E-state index contributed by atoms with van der Waals surface area (Å²) in [6.07, 6.45) is 4.31. The molecule has 1 amide bonds. The maximum absolute atomic E-state index is 12.6. The molecule has 0 saturated heterocycles. The Morgan fingerprint density at radius 1 is 1.21 bits per heavy atom. The highest BCUT2D eigenvalue weighted by Gasteiger charge is 2.20. The van der Waals surface area contributed by atoms with Crippen LogP contribution in [0, 0.1) is 0 Å². The number of fused-ring (bicyclic) bond motifs is 3. The standard InChI is InChI=1S/C22H25N3O2S2/c1-22(2,3)13-8-10-14(11-9-13)23-17(26)12-28-21-24-19(27)18-15-6-4-5-7-16(15)29-20(18)25-21/h8-11H,4-7,12H2,1-3H3,(H,23,26)(H,24,25,27). The summed E-state index contributed by atoms with van der Waals surface area (Å²) < 4.78 is 0. The van der Waals surface area contributed by atoms with Crippen molar-refractivity contribution in [3.63, 3.8) is 0 Å². The Hall–Kier alpha value is -2.12. The number of thioether (sulfide) groups is 1. The van der Waals surface area contributed by atoms with Crippen LogP contribution in [0.3, 0.4) is 0 Å². The molecule has 1 aromatic carbocycles. The number of anilines is 1. The molecular weight excluding hydrogens is 402 g/mol. The molecule has 0 fully saturated rings. The molecule has 2 N–H and O–H groups in total. The largest absolute Gasteiger partial charge is 0.325 e. The molecule has 152 valence electrons. The third-order valence-electron chi connectivity index (χ3n) is 5.18. The van der Waals surface area contributed by atoms with Crippen LogP contribution < -0.4 is 10.9 Å². The average molecular weight is 428 g/mol. The summed E-state index contributed by atoms with van der Waals surface area (Å²) in [6, 6.07) is 7.92. The zero-order chi connectivity index (χ0) is 20.6. The van der Waals surface area contributed by atoms with Crippen molar-refractivity contribution in [1.82, 2.24) is 9.97 Å². The van der Waals surface area contributed by atoms with Crippen molar-refractivity contribution in [3.8, 4) is 0 Å². The highest BCUT2D eigenvalue weighted by Crippen LogP contribution is 2.34. The van der Waals surface area contributed by atoms with Gasteiger partial charge in [0.05, 0.1) is 11.1 Å². The van der Waals surface area contributed by atoms with E-state index in [2.05, 4.69) is 36.1 Å². The first-order valence-corrected chi connectivity index (χ1v) is 11.7. The molecule has 0 radical (unpaired) electrons. The molecule has 2 aromatic heterocycles. The number of aryl methyl sites for hydroxylation is 2. The normalized spacial score (nSPS) is 14.0. The van der Waals surface area contributed by atoms with Gasteiger partial charge < -0.3 is 10.3 Å². The zero-order valence-corrected chi connectivity index (χ0v) is 18.6. The number of nitrogens with one attached hydrogen (secondary N) is 2. The topological polar surface area (TPSA) is 74.8 Å².